The fourth-order valence-electron chi connectivity index (χ4n) is 0.981. The van der Waals surface area contributed by atoms with Gasteiger partial charge in [-0.1, -0.05) is 0 Å². The third-order valence-electron chi connectivity index (χ3n) is 1.53. The molecule has 0 heterocycles. The van der Waals surface area contributed by atoms with E-state index in [1.807, 2.05) is 0 Å². The van der Waals surface area contributed by atoms with E-state index >= 15 is 0 Å². The van der Waals surface area contributed by atoms with E-state index in [0.717, 1.165) is 12.8 Å². The maximum atomic E-state index is 10.5. The Bertz CT molecular complexity index is 98.7. The molecule has 0 aromatic rings. The summed E-state index contributed by atoms with van der Waals surface area (Å²) in [5.41, 5.74) is 0. The van der Waals surface area contributed by atoms with Crippen LogP contribution in [0, 0.1) is 0 Å². The zero-order valence-electron chi connectivity index (χ0n) is 5.02. The molecule has 1 aliphatic carbocycles. The van der Waals surface area contributed by atoms with Gasteiger partial charge >= 0.3 is 0 Å². The van der Waals surface area contributed by atoms with Crippen LogP contribution in [-0.2, 0) is 9.53 Å². The molecular formula is C6H10O2. The summed E-state index contributed by atoms with van der Waals surface area (Å²) in [4.78, 5) is 10.5. The van der Waals surface area contributed by atoms with E-state index in [2.05, 4.69) is 0 Å². The first-order chi connectivity index (χ1) is 3.83. The van der Waals surface area contributed by atoms with Crippen molar-refractivity contribution < 1.29 is 9.53 Å². The van der Waals surface area contributed by atoms with Crippen molar-refractivity contribution in [3.63, 3.8) is 0 Å². The first-order valence-electron chi connectivity index (χ1n) is 2.87. The molecule has 0 aromatic carbocycles. The molecule has 0 aliphatic heterocycles. The van der Waals surface area contributed by atoms with Crippen LogP contribution in [0.15, 0.2) is 0 Å². The van der Waals surface area contributed by atoms with E-state index in [0.29, 0.717) is 12.2 Å². The van der Waals surface area contributed by atoms with Crippen molar-refractivity contribution in [3.05, 3.63) is 0 Å². The molecule has 1 saturated carbocycles. The number of Topliss-reactive ketones (excluding diaryl/α,β-unsaturated/α-hetero) is 1. The van der Waals surface area contributed by atoms with E-state index < -0.39 is 0 Å². The Morgan fingerprint density at radius 1 is 1.75 bits per heavy atom. The Morgan fingerprint density at radius 2 is 2.50 bits per heavy atom. The Kier molecular flexibility index (Phi) is 1.63. The molecule has 0 N–H and O–H groups in total. The van der Waals surface area contributed by atoms with E-state index in [1.54, 1.807) is 7.11 Å². The summed E-state index contributed by atoms with van der Waals surface area (Å²) in [5, 5.41) is 0. The summed E-state index contributed by atoms with van der Waals surface area (Å²) < 4.78 is 4.96. The van der Waals surface area contributed by atoms with Gasteiger partial charge in [-0.3, -0.25) is 4.79 Å². The van der Waals surface area contributed by atoms with Crippen molar-refractivity contribution in [1.29, 1.82) is 0 Å². The smallest absolute Gasteiger partial charge is 0.135 e. The van der Waals surface area contributed by atoms with Crippen LogP contribution in [0.4, 0.5) is 0 Å². The SMILES string of the molecule is COC1CCC(=O)C1. The summed E-state index contributed by atoms with van der Waals surface area (Å²) in [6, 6.07) is 0. The minimum Gasteiger partial charge on any atom is -0.381 e. The van der Waals surface area contributed by atoms with Crippen molar-refractivity contribution in [3.8, 4) is 0 Å². The normalized spacial score (nSPS) is 29.1. The Balaban J connectivity index is 2.32. The summed E-state index contributed by atoms with van der Waals surface area (Å²) in [7, 11) is 1.66. The largest absolute Gasteiger partial charge is 0.381 e. The lowest BCUT2D eigenvalue weighted by Crippen LogP contribution is -2.03. The summed E-state index contributed by atoms with van der Waals surface area (Å²) in [6.45, 7) is 0. The molecule has 8 heavy (non-hydrogen) atoms. The molecule has 1 fully saturated rings. The lowest BCUT2D eigenvalue weighted by atomic mass is 10.3. The van der Waals surface area contributed by atoms with E-state index in [-0.39, 0.29) is 6.10 Å². The predicted molar refractivity (Wildman–Crippen MR) is 29.7 cm³/mol. The lowest BCUT2D eigenvalue weighted by Gasteiger charge is -2.01. The van der Waals surface area contributed by atoms with Crippen molar-refractivity contribution in [2.24, 2.45) is 0 Å². The monoisotopic (exact) mass is 114 g/mol. The second-order valence-corrected chi connectivity index (χ2v) is 2.14. The number of hydrogen-bond acceptors (Lipinski definition) is 2. The number of ketones is 1. The van der Waals surface area contributed by atoms with Gasteiger partial charge in [0.15, 0.2) is 0 Å². The number of carbonyl (C=O) groups excluding carboxylic acids is 1. The Hall–Kier alpha value is -0.370. The number of hydrogen-bond donors (Lipinski definition) is 0. The molecule has 2 heteroatoms. The van der Waals surface area contributed by atoms with Gasteiger partial charge in [-0.05, 0) is 6.42 Å². The van der Waals surface area contributed by atoms with Gasteiger partial charge in [-0.25, -0.2) is 0 Å². The van der Waals surface area contributed by atoms with Crippen LogP contribution in [0.3, 0.4) is 0 Å². The van der Waals surface area contributed by atoms with Gasteiger partial charge in [-0.15, -0.1) is 0 Å². The van der Waals surface area contributed by atoms with Crippen LogP contribution in [-0.4, -0.2) is 19.0 Å². The second kappa shape index (κ2) is 2.27. The molecule has 0 bridgehead atoms. The van der Waals surface area contributed by atoms with E-state index in [4.69, 9.17) is 4.74 Å². The molecule has 0 amide bonds. The quantitative estimate of drug-likeness (QED) is 0.503. The summed E-state index contributed by atoms with van der Waals surface area (Å²) in [5.74, 6) is 0.344. The van der Waals surface area contributed by atoms with Gasteiger partial charge in [0, 0.05) is 20.0 Å². The first kappa shape index (κ1) is 5.76. The predicted octanol–water partition coefficient (Wildman–Crippen LogP) is 0.754. The first-order valence-corrected chi connectivity index (χ1v) is 2.87. The van der Waals surface area contributed by atoms with Crippen LogP contribution < -0.4 is 0 Å². The maximum absolute atomic E-state index is 10.5. The van der Waals surface area contributed by atoms with Gasteiger partial charge in [-0.2, -0.15) is 0 Å². The van der Waals surface area contributed by atoms with Crippen molar-refractivity contribution >= 4 is 5.78 Å². The van der Waals surface area contributed by atoms with E-state index in [9.17, 15) is 4.79 Å². The van der Waals surface area contributed by atoms with Gasteiger partial charge in [0.2, 0.25) is 0 Å². The molecule has 0 aromatic heterocycles. The number of rotatable bonds is 1. The molecule has 1 atom stereocenters. The van der Waals surface area contributed by atoms with Crippen molar-refractivity contribution in [1.82, 2.24) is 0 Å². The number of methoxy groups -OCH3 is 1. The van der Waals surface area contributed by atoms with Crippen LogP contribution in [0.2, 0.25) is 0 Å². The molecule has 0 saturated heterocycles. The highest BCUT2D eigenvalue weighted by atomic mass is 16.5. The third kappa shape index (κ3) is 1.07. The molecule has 1 rings (SSSR count). The van der Waals surface area contributed by atoms with Crippen molar-refractivity contribution in [2.75, 3.05) is 7.11 Å². The molecule has 1 aliphatic rings. The topological polar surface area (TPSA) is 26.3 Å². The van der Waals surface area contributed by atoms with Crippen LogP contribution in [0.1, 0.15) is 19.3 Å². The third-order valence-corrected chi connectivity index (χ3v) is 1.53. The molecule has 0 spiro atoms. The molecule has 46 valence electrons. The highest BCUT2D eigenvalue weighted by Gasteiger charge is 2.20. The average molecular weight is 114 g/mol. The van der Waals surface area contributed by atoms with Gasteiger partial charge in [0.05, 0.1) is 6.10 Å². The second-order valence-electron chi connectivity index (χ2n) is 2.14. The fraction of sp³-hybridized carbons (Fsp3) is 0.833. The highest BCUT2D eigenvalue weighted by Crippen LogP contribution is 2.16. The molecular weight excluding hydrogens is 104 g/mol. The van der Waals surface area contributed by atoms with Gasteiger partial charge in [0.25, 0.3) is 0 Å². The molecule has 0 radical (unpaired) electrons. The zero-order valence-corrected chi connectivity index (χ0v) is 5.02. The average Bonchev–Trinajstić information content (AvgIpc) is 2.14. The van der Waals surface area contributed by atoms with Gasteiger partial charge in [0.1, 0.15) is 5.78 Å². The Morgan fingerprint density at radius 3 is 2.75 bits per heavy atom. The number of ether oxygens (including phenoxy) is 1. The highest BCUT2D eigenvalue weighted by molar-refractivity contribution is 5.80. The zero-order chi connectivity index (χ0) is 5.98. The lowest BCUT2D eigenvalue weighted by molar-refractivity contribution is -0.118. The summed E-state index contributed by atoms with van der Waals surface area (Å²) >= 11 is 0. The standard InChI is InChI=1S/C6H10O2/c1-8-6-3-2-5(7)4-6/h6H,2-4H2,1H3. The minimum absolute atomic E-state index is 0.225. The fourth-order valence-corrected chi connectivity index (χ4v) is 0.981. The van der Waals surface area contributed by atoms with Crippen LogP contribution in [0.25, 0.3) is 0 Å². The summed E-state index contributed by atoms with van der Waals surface area (Å²) in [6.07, 6.45) is 2.51. The molecule has 2 nitrogen and oxygen atoms in total. The van der Waals surface area contributed by atoms with E-state index in [1.165, 1.54) is 0 Å². The number of carbonyl (C=O) groups is 1. The van der Waals surface area contributed by atoms with Gasteiger partial charge < -0.3 is 4.74 Å². The maximum Gasteiger partial charge on any atom is 0.135 e. The Labute approximate surface area is 48.8 Å². The van der Waals surface area contributed by atoms with Crippen molar-refractivity contribution in [2.45, 2.75) is 25.4 Å². The van der Waals surface area contributed by atoms with Crippen LogP contribution in [0.5, 0.6) is 0 Å². The molecule has 1 unspecified atom stereocenters. The minimum atomic E-state index is 0.225. The van der Waals surface area contributed by atoms with Crippen LogP contribution >= 0.6 is 0 Å².